The van der Waals surface area contributed by atoms with Crippen LogP contribution in [0.25, 0.3) is 0 Å². The molecular formula is C27H22N2O5S. The zero-order valence-electron chi connectivity index (χ0n) is 19.2. The van der Waals surface area contributed by atoms with Crippen molar-refractivity contribution in [1.29, 1.82) is 0 Å². The van der Waals surface area contributed by atoms with Crippen molar-refractivity contribution in [2.45, 2.75) is 18.7 Å². The van der Waals surface area contributed by atoms with Crippen LogP contribution in [0.1, 0.15) is 42.2 Å². The number of carbonyl (C=O) groups excluding carboxylic acids is 4. The molecule has 0 unspecified atom stereocenters. The van der Waals surface area contributed by atoms with Gasteiger partial charge in [0.15, 0.2) is 6.61 Å². The molecule has 3 amide bonds. The van der Waals surface area contributed by atoms with E-state index in [0.29, 0.717) is 12.2 Å². The van der Waals surface area contributed by atoms with Gasteiger partial charge in [0.2, 0.25) is 0 Å². The van der Waals surface area contributed by atoms with Crippen LogP contribution in [0.5, 0.6) is 0 Å². The quantitative estimate of drug-likeness (QED) is 0.402. The normalized spacial score (nSPS) is 14.6. The van der Waals surface area contributed by atoms with Gasteiger partial charge in [-0.15, -0.1) is 11.8 Å². The number of benzene rings is 3. The largest absolute Gasteiger partial charge is 0.452 e. The highest BCUT2D eigenvalue weighted by atomic mass is 32.2. The number of hydrogen-bond donors (Lipinski definition) is 0. The number of aryl methyl sites for hydroxylation is 2. The standard InChI is InChI=1S/C27H22N2O5S/c1-16-7-8-17(2)22(13-16)29-25(31)19-10-9-18(14-20(19)26(29)32)27(33)34-15-24(30)28-11-12-35-23-6-4-3-5-21(23)28/h3-10,13-14H,11-12,15H2,1-2H3. The van der Waals surface area contributed by atoms with Crippen LogP contribution in [0.2, 0.25) is 0 Å². The van der Waals surface area contributed by atoms with E-state index in [2.05, 4.69) is 0 Å². The molecule has 0 fully saturated rings. The molecule has 3 aromatic rings. The highest BCUT2D eigenvalue weighted by molar-refractivity contribution is 7.99. The average molecular weight is 487 g/mol. The van der Waals surface area contributed by atoms with Crippen LogP contribution in [-0.4, -0.2) is 42.6 Å². The second kappa shape index (κ2) is 9.03. The Morgan fingerprint density at radius 1 is 0.914 bits per heavy atom. The van der Waals surface area contributed by atoms with Gasteiger partial charge < -0.3 is 9.64 Å². The molecule has 7 nitrogen and oxygen atoms in total. The van der Waals surface area contributed by atoms with Crippen molar-refractivity contribution in [2.24, 2.45) is 0 Å². The number of imide groups is 1. The third-order valence-electron chi connectivity index (χ3n) is 6.08. The van der Waals surface area contributed by atoms with Crippen LogP contribution in [-0.2, 0) is 9.53 Å². The molecule has 0 saturated carbocycles. The fourth-order valence-electron chi connectivity index (χ4n) is 4.26. The number of fused-ring (bicyclic) bond motifs is 2. The Balaban J connectivity index is 1.32. The maximum atomic E-state index is 13.1. The zero-order chi connectivity index (χ0) is 24.7. The summed E-state index contributed by atoms with van der Waals surface area (Å²) in [6.07, 6.45) is 0. The summed E-state index contributed by atoms with van der Waals surface area (Å²) in [5.74, 6) is -1.22. The third kappa shape index (κ3) is 4.10. The van der Waals surface area contributed by atoms with Crippen molar-refractivity contribution in [1.82, 2.24) is 0 Å². The maximum Gasteiger partial charge on any atom is 0.338 e. The van der Waals surface area contributed by atoms with Gasteiger partial charge in [-0.05, 0) is 61.4 Å². The Labute approximate surface area is 206 Å². The highest BCUT2D eigenvalue weighted by Crippen LogP contribution is 2.34. The van der Waals surface area contributed by atoms with Crippen molar-refractivity contribution >= 4 is 46.8 Å². The van der Waals surface area contributed by atoms with Crippen molar-refractivity contribution in [3.05, 3.63) is 88.5 Å². The van der Waals surface area contributed by atoms with Gasteiger partial charge in [0.05, 0.1) is 28.1 Å². The van der Waals surface area contributed by atoms with Crippen LogP contribution >= 0.6 is 11.8 Å². The van der Waals surface area contributed by atoms with Gasteiger partial charge in [0.1, 0.15) is 0 Å². The van der Waals surface area contributed by atoms with E-state index >= 15 is 0 Å². The minimum atomic E-state index is -0.730. The van der Waals surface area contributed by atoms with Crippen molar-refractivity contribution in [2.75, 3.05) is 28.7 Å². The summed E-state index contributed by atoms with van der Waals surface area (Å²) in [4.78, 5) is 55.3. The van der Waals surface area contributed by atoms with Gasteiger partial charge in [-0.2, -0.15) is 0 Å². The molecule has 2 aliphatic rings. The molecule has 5 rings (SSSR count). The number of rotatable bonds is 4. The van der Waals surface area contributed by atoms with Gasteiger partial charge in [-0.3, -0.25) is 14.4 Å². The summed E-state index contributed by atoms with van der Waals surface area (Å²) in [6, 6.07) is 17.4. The summed E-state index contributed by atoms with van der Waals surface area (Å²) in [6.45, 7) is 3.83. The number of carbonyl (C=O) groups is 4. The molecule has 0 aliphatic carbocycles. The Morgan fingerprint density at radius 3 is 2.51 bits per heavy atom. The zero-order valence-corrected chi connectivity index (χ0v) is 20.1. The van der Waals surface area contributed by atoms with Crippen molar-refractivity contribution in [3.63, 3.8) is 0 Å². The van der Waals surface area contributed by atoms with E-state index in [1.54, 1.807) is 22.7 Å². The third-order valence-corrected chi connectivity index (χ3v) is 7.13. The first-order chi connectivity index (χ1) is 16.8. The molecule has 0 saturated heterocycles. The summed E-state index contributed by atoms with van der Waals surface area (Å²) >= 11 is 1.68. The minimum absolute atomic E-state index is 0.107. The summed E-state index contributed by atoms with van der Waals surface area (Å²) in [5.41, 5.74) is 3.51. The molecule has 0 bridgehead atoms. The molecule has 0 N–H and O–H groups in total. The van der Waals surface area contributed by atoms with Crippen molar-refractivity contribution < 1.29 is 23.9 Å². The number of para-hydroxylation sites is 1. The predicted molar refractivity (Wildman–Crippen MR) is 133 cm³/mol. The number of esters is 1. The van der Waals surface area contributed by atoms with Gasteiger partial charge in [0.25, 0.3) is 17.7 Å². The predicted octanol–water partition coefficient (Wildman–Crippen LogP) is 4.40. The molecule has 0 aromatic heterocycles. The Kier molecular flexibility index (Phi) is 5.90. The number of ether oxygens (including phenoxy) is 1. The molecule has 0 spiro atoms. The molecule has 0 atom stereocenters. The molecular weight excluding hydrogens is 464 g/mol. The molecule has 0 radical (unpaired) electrons. The fraction of sp³-hybridized carbons (Fsp3) is 0.185. The fourth-order valence-corrected chi connectivity index (χ4v) is 5.26. The second-order valence-electron chi connectivity index (χ2n) is 8.43. The number of hydrogen-bond acceptors (Lipinski definition) is 6. The molecule has 176 valence electrons. The first-order valence-corrected chi connectivity index (χ1v) is 12.1. The molecule has 8 heteroatoms. The van der Waals surface area contributed by atoms with Crippen LogP contribution in [0.4, 0.5) is 11.4 Å². The van der Waals surface area contributed by atoms with Crippen LogP contribution < -0.4 is 9.80 Å². The Bertz CT molecular complexity index is 1400. The van der Waals surface area contributed by atoms with E-state index in [1.807, 2.05) is 50.2 Å². The lowest BCUT2D eigenvalue weighted by molar-refractivity contribution is -0.121. The maximum absolute atomic E-state index is 13.1. The lowest BCUT2D eigenvalue weighted by Gasteiger charge is -2.28. The number of anilines is 2. The number of amides is 3. The monoisotopic (exact) mass is 486 g/mol. The second-order valence-corrected chi connectivity index (χ2v) is 9.57. The summed E-state index contributed by atoms with van der Waals surface area (Å²) < 4.78 is 5.28. The number of thioether (sulfide) groups is 1. The van der Waals surface area contributed by atoms with E-state index in [9.17, 15) is 19.2 Å². The smallest absolute Gasteiger partial charge is 0.338 e. The van der Waals surface area contributed by atoms with Crippen LogP contribution in [0.3, 0.4) is 0 Å². The molecule has 35 heavy (non-hydrogen) atoms. The molecule has 2 aliphatic heterocycles. The first kappa shape index (κ1) is 22.9. The highest BCUT2D eigenvalue weighted by Gasteiger charge is 2.38. The lowest BCUT2D eigenvalue weighted by atomic mass is 10.1. The Morgan fingerprint density at radius 2 is 1.69 bits per heavy atom. The van der Waals surface area contributed by atoms with E-state index < -0.39 is 24.4 Å². The van der Waals surface area contributed by atoms with E-state index in [4.69, 9.17) is 4.74 Å². The minimum Gasteiger partial charge on any atom is -0.452 e. The van der Waals surface area contributed by atoms with Crippen LogP contribution in [0.15, 0.2) is 65.6 Å². The van der Waals surface area contributed by atoms with E-state index in [-0.39, 0.29) is 22.6 Å². The van der Waals surface area contributed by atoms with Crippen molar-refractivity contribution in [3.8, 4) is 0 Å². The average Bonchev–Trinajstić information content (AvgIpc) is 3.12. The SMILES string of the molecule is Cc1ccc(C)c(N2C(=O)c3ccc(C(=O)OCC(=O)N4CCSc5ccccc54)cc3C2=O)c1. The topological polar surface area (TPSA) is 84.0 Å². The summed E-state index contributed by atoms with van der Waals surface area (Å²) in [5, 5.41) is 0. The van der Waals surface area contributed by atoms with Gasteiger partial charge in [0, 0.05) is 17.2 Å². The number of nitrogens with zero attached hydrogens (tertiary/aromatic N) is 2. The first-order valence-electron chi connectivity index (χ1n) is 11.1. The van der Waals surface area contributed by atoms with E-state index in [0.717, 1.165) is 32.4 Å². The lowest BCUT2D eigenvalue weighted by Crippen LogP contribution is -2.38. The molecule has 2 heterocycles. The van der Waals surface area contributed by atoms with Gasteiger partial charge >= 0.3 is 5.97 Å². The molecule has 3 aromatic carbocycles. The Hall–Kier alpha value is -3.91. The van der Waals surface area contributed by atoms with Gasteiger partial charge in [-0.25, -0.2) is 9.69 Å². The van der Waals surface area contributed by atoms with Crippen LogP contribution in [0, 0.1) is 13.8 Å². The van der Waals surface area contributed by atoms with E-state index in [1.165, 1.54) is 18.2 Å². The summed E-state index contributed by atoms with van der Waals surface area (Å²) in [7, 11) is 0. The van der Waals surface area contributed by atoms with Gasteiger partial charge in [-0.1, -0.05) is 24.3 Å².